The van der Waals surface area contributed by atoms with E-state index in [4.69, 9.17) is 9.31 Å². The molecule has 0 amide bonds. The monoisotopic (exact) mass is 306 g/mol. The van der Waals surface area contributed by atoms with Crippen molar-refractivity contribution < 1.29 is 32.0 Å². The molecule has 1 aromatic rings. The van der Waals surface area contributed by atoms with E-state index in [1.807, 2.05) is 0 Å². The Labute approximate surface area is 120 Å². The predicted octanol–water partition coefficient (Wildman–Crippen LogP) is 2.85. The van der Waals surface area contributed by atoms with Crippen LogP contribution in [0.2, 0.25) is 0 Å². The van der Waals surface area contributed by atoms with Gasteiger partial charge in [-0.15, -0.1) is 0 Å². The molecular weight excluding hydrogens is 291 g/mol. The summed E-state index contributed by atoms with van der Waals surface area (Å²) in [6.07, 6.45) is -4.83. The summed E-state index contributed by atoms with van der Waals surface area (Å²) in [6.45, 7) is 6.67. The molecule has 1 N–H and O–H groups in total. The molecule has 1 aliphatic rings. The average molecular weight is 306 g/mol. The summed E-state index contributed by atoms with van der Waals surface area (Å²) in [5, 5.41) is 9.74. The van der Waals surface area contributed by atoms with Gasteiger partial charge in [0.2, 0.25) is 0 Å². The number of phenolic OH excluding ortho intramolecular Hbond substituents is 1. The molecule has 1 fully saturated rings. The molecule has 0 spiro atoms. The minimum Gasteiger partial charge on any atom is -0.508 e. The van der Waals surface area contributed by atoms with Crippen LogP contribution in [-0.4, -0.2) is 23.4 Å². The molecule has 21 heavy (non-hydrogen) atoms. The van der Waals surface area contributed by atoms with Crippen molar-refractivity contribution in [2.24, 2.45) is 0 Å². The summed E-state index contributed by atoms with van der Waals surface area (Å²) in [4.78, 5) is 0. The van der Waals surface area contributed by atoms with Crippen LogP contribution in [0, 0.1) is 5.82 Å². The second kappa shape index (κ2) is 4.61. The van der Waals surface area contributed by atoms with Crippen molar-refractivity contribution in [3.05, 3.63) is 23.5 Å². The molecule has 2 rings (SSSR count). The highest BCUT2D eigenvalue weighted by Crippen LogP contribution is 2.39. The fourth-order valence-electron chi connectivity index (χ4n) is 2.05. The summed E-state index contributed by atoms with van der Waals surface area (Å²) >= 11 is 0. The van der Waals surface area contributed by atoms with Gasteiger partial charge in [-0.05, 0) is 33.8 Å². The number of halogens is 4. The van der Waals surface area contributed by atoms with Gasteiger partial charge >= 0.3 is 13.3 Å². The molecule has 116 valence electrons. The first-order valence-corrected chi connectivity index (χ1v) is 6.30. The highest BCUT2D eigenvalue weighted by atomic mass is 19.4. The molecule has 1 aliphatic heterocycles. The molecule has 1 saturated heterocycles. The zero-order chi connectivity index (χ0) is 16.2. The average Bonchev–Trinajstić information content (AvgIpc) is 2.44. The van der Waals surface area contributed by atoms with Crippen molar-refractivity contribution in [3.8, 4) is 5.75 Å². The van der Waals surface area contributed by atoms with E-state index < -0.39 is 47.1 Å². The normalized spacial score (nSPS) is 20.9. The molecule has 0 unspecified atom stereocenters. The second-order valence-electron chi connectivity index (χ2n) is 5.97. The largest absolute Gasteiger partial charge is 0.508 e. The van der Waals surface area contributed by atoms with E-state index >= 15 is 0 Å². The summed E-state index contributed by atoms with van der Waals surface area (Å²) in [7, 11) is -1.42. The lowest BCUT2D eigenvalue weighted by Gasteiger charge is -2.32. The first kappa shape index (κ1) is 16.1. The number of benzene rings is 1. The van der Waals surface area contributed by atoms with Gasteiger partial charge in [0.15, 0.2) is 0 Å². The van der Waals surface area contributed by atoms with Gasteiger partial charge in [-0.1, -0.05) is 0 Å². The van der Waals surface area contributed by atoms with Crippen molar-refractivity contribution in [1.82, 2.24) is 0 Å². The topological polar surface area (TPSA) is 38.7 Å². The fourth-order valence-corrected chi connectivity index (χ4v) is 2.05. The smallest absolute Gasteiger partial charge is 0.499 e. The van der Waals surface area contributed by atoms with Crippen molar-refractivity contribution >= 4 is 12.6 Å². The quantitative estimate of drug-likeness (QED) is 0.640. The third kappa shape index (κ3) is 2.74. The molecule has 0 radical (unpaired) electrons. The first-order chi connectivity index (χ1) is 9.35. The van der Waals surface area contributed by atoms with E-state index in [0.29, 0.717) is 12.1 Å². The van der Waals surface area contributed by atoms with E-state index in [9.17, 15) is 22.7 Å². The molecule has 1 heterocycles. The van der Waals surface area contributed by atoms with Crippen LogP contribution in [-0.2, 0) is 15.5 Å². The maximum Gasteiger partial charge on any atom is 0.499 e. The fraction of sp³-hybridized carbons (Fsp3) is 0.538. The number of phenols is 1. The van der Waals surface area contributed by atoms with Crippen LogP contribution >= 0.6 is 0 Å². The maximum absolute atomic E-state index is 13.2. The zero-order valence-corrected chi connectivity index (χ0v) is 12.0. The van der Waals surface area contributed by atoms with Crippen LogP contribution in [0.5, 0.6) is 5.75 Å². The van der Waals surface area contributed by atoms with Crippen molar-refractivity contribution in [2.75, 3.05) is 0 Å². The highest BCUT2D eigenvalue weighted by molar-refractivity contribution is 6.63. The third-order valence-electron chi connectivity index (χ3n) is 3.92. The van der Waals surface area contributed by atoms with Crippen molar-refractivity contribution in [2.45, 2.75) is 45.1 Å². The lowest BCUT2D eigenvalue weighted by molar-refractivity contribution is -0.137. The Balaban J connectivity index is 2.56. The van der Waals surface area contributed by atoms with E-state index in [-0.39, 0.29) is 0 Å². The van der Waals surface area contributed by atoms with Gasteiger partial charge in [0.05, 0.1) is 16.8 Å². The Morgan fingerprint density at radius 3 is 1.95 bits per heavy atom. The number of aromatic hydroxyl groups is 1. The number of alkyl halides is 3. The second-order valence-corrected chi connectivity index (χ2v) is 5.97. The van der Waals surface area contributed by atoms with Gasteiger partial charge in [-0.3, -0.25) is 0 Å². The highest BCUT2D eigenvalue weighted by Gasteiger charge is 2.54. The molecule has 3 nitrogen and oxygen atoms in total. The standard InChI is InChI=1S/C13H15BF4O3/c1-11(2)12(3,4)21-14(20-11)10-8(13(16,17)18)5-7(15)6-9(10)19/h5-6,19H,1-4H3. The Kier molecular flexibility index (Phi) is 3.53. The summed E-state index contributed by atoms with van der Waals surface area (Å²) in [6, 6.07) is 0.926. The predicted molar refractivity (Wildman–Crippen MR) is 68.8 cm³/mol. The Bertz CT molecular complexity index is 553. The Morgan fingerprint density at radius 2 is 1.52 bits per heavy atom. The van der Waals surface area contributed by atoms with Gasteiger partial charge in [-0.25, -0.2) is 4.39 Å². The van der Waals surface area contributed by atoms with Crippen LogP contribution in [0.1, 0.15) is 33.3 Å². The lowest BCUT2D eigenvalue weighted by Crippen LogP contribution is -2.41. The molecule has 0 aliphatic carbocycles. The van der Waals surface area contributed by atoms with E-state index in [2.05, 4.69) is 0 Å². The number of rotatable bonds is 1. The van der Waals surface area contributed by atoms with Gasteiger partial charge in [0, 0.05) is 11.5 Å². The van der Waals surface area contributed by atoms with E-state index in [1.54, 1.807) is 27.7 Å². The van der Waals surface area contributed by atoms with Crippen LogP contribution in [0.3, 0.4) is 0 Å². The zero-order valence-electron chi connectivity index (χ0n) is 12.0. The van der Waals surface area contributed by atoms with Gasteiger partial charge in [-0.2, -0.15) is 13.2 Å². The Morgan fingerprint density at radius 1 is 1.05 bits per heavy atom. The molecule has 0 bridgehead atoms. The van der Waals surface area contributed by atoms with Crippen LogP contribution in [0.4, 0.5) is 17.6 Å². The summed E-state index contributed by atoms with van der Waals surface area (Å²) < 4.78 is 63.4. The lowest BCUT2D eigenvalue weighted by atomic mass is 9.75. The van der Waals surface area contributed by atoms with Crippen LogP contribution < -0.4 is 5.46 Å². The minimum absolute atomic E-state index is 0.320. The van der Waals surface area contributed by atoms with Crippen molar-refractivity contribution in [1.29, 1.82) is 0 Å². The van der Waals surface area contributed by atoms with E-state index in [1.165, 1.54) is 0 Å². The molecule has 0 aromatic heterocycles. The van der Waals surface area contributed by atoms with Crippen molar-refractivity contribution in [3.63, 3.8) is 0 Å². The van der Waals surface area contributed by atoms with E-state index in [0.717, 1.165) is 0 Å². The van der Waals surface area contributed by atoms with Gasteiger partial charge in [0.1, 0.15) is 11.6 Å². The maximum atomic E-state index is 13.2. The summed E-state index contributed by atoms with van der Waals surface area (Å²) in [5.41, 5.74) is -3.66. The van der Waals surface area contributed by atoms with Gasteiger partial charge < -0.3 is 14.4 Å². The number of hydrogen-bond donors (Lipinski definition) is 1. The first-order valence-electron chi connectivity index (χ1n) is 6.30. The van der Waals surface area contributed by atoms with Crippen LogP contribution in [0.25, 0.3) is 0 Å². The minimum atomic E-state index is -4.83. The molecule has 0 atom stereocenters. The van der Waals surface area contributed by atoms with Crippen LogP contribution in [0.15, 0.2) is 12.1 Å². The molecule has 1 aromatic carbocycles. The summed E-state index contributed by atoms with van der Waals surface area (Å²) in [5.74, 6) is -2.03. The third-order valence-corrected chi connectivity index (χ3v) is 3.92. The SMILES string of the molecule is CC1(C)OB(c2c(O)cc(F)cc2C(F)(F)F)OC1(C)C. The number of hydrogen-bond acceptors (Lipinski definition) is 3. The van der Waals surface area contributed by atoms with Gasteiger partial charge in [0.25, 0.3) is 0 Å². The molecule has 0 saturated carbocycles. The Hall–Kier alpha value is -1.28. The molecule has 8 heteroatoms. The molecular formula is C13H15BF4O3.